The molecule has 3 nitrogen and oxygen atoms in total. The minimum atomic E-state index is -4.64. The smallest absolute Gasteiger partial charge is 0.417 e. The molecule has 2 rings (SSSR count). The number of hydrogen-bond acceptors (Lipinski definition) is 2. The summed E-state index contributed by atoms with van der Waals surface area (Å²) in [5.41, 5.74) is 0.0466. The first-order chi connectivity index (χ1) is 13.1. The van der Waals surface area contributed by atoms with Crippen LogP contribution in [0.3, 0.4) is 0 Å². The van der Waals surface area contributed by atoms with Crippen molar-refractivity contribution in [1.29, 1.82) is 0 Å². The van der Waals surface area contributed by atoms with Crippen LogP contribution in [0.25, 0.3) is 0 Å². The number of phenols is 1. The summed E-state index contributed by atoms with van der Waals surface area (Å²) < 4.78 is 39.5. The van der Waals surface area contributed by atoms with Gasteiger partial charge >= 0.3 is 12.1 Å². The zero-order chi connectivity index (χ0) is 20.9. The highest BCUT2D eigenvalue weighted by molar-refractivity contribution is 5.88. The Bertz CT molecular complexity index is 919. The number of benzene rings is 2. The summed E-state index contributed by atoms with van der Waals surface area (Å²) >= 11 is 0. The van der Waals surface area contributed by atoms with Crippen LogP contribution < -0.4 is 0 Å². The van der Waals surface area contributed by atoms with Crippen LogP contribution in [0.4, 0.5) is 13.2 Å². The normalized spacial score (nSPS) is 11.2. The Hall–Kier alpha value is -2.94. The molecule has 28 heavy (non-hydrogen) atoms. The SMILES string of the molecule is CC(C)CCCc1cc(C(=O)O)ccc1C#Cc1ccc(O)cc1C(F)(F)F. The van der Waals surface area contributed by atoms with Gasteiger partial charge in [-0.15, -0.1) is 0 Å². The number of carbonyl (C=O) groups is 1. The van der Waals surface area contributed by atoms with Crippen LogP contribution in [-0.2, 0) is 12.6 Å². The molecule has 0 amide bonds. The molecule has 0 radical (unpaired) electrons. The van der Waals surface area contributed by atoms with Gasteiger partial charge in [-0.1, -0.05) is 32.1 Å². The number of hydrogen-bond donors (Lipinski definition) is 2. The highest BCUT2D eigenvalue weighted by atomic mass is 19.4. The minimum absolute atomic E-state index is 0.116. The molecule has 0 saturated heterocycles. The number of rotatable bonds is 5. The maximum atomic E-state index is 13.2. The molecule has 2 aromatic carbocycles. The first-order valence-electron chi connectivity index (χ1n) is 8.86. The van der Waals surface area contributed by atoms with Crippen molar-refractivity contribution in [3.05, 3.63) is 64.2 Å². The van der Waals surface area contributed by atoms with Gasteiger partial charge in [0.2, 0.25) is 0 Å². The maximum absolute atomic E-state index is 13.2. The van der Waals surface area contributed by atoms with Gasteiger partial charge < -0.3 is 10.2 Å². The first-order valence-corrected chi connectivity index (χ1v) is 8.86. The molecule has 0 heterocycles. The van der Waals surface area contributed by atoms with Crippen molar-refractivity contribution in [3.8, 4) is 17.6 Å². The molecule has 0 aliphatic carbocycles. The lowest BCUT2D eigenvalue weighted by Crippen LogP contribution is -2.07. The first kappa shape index (κ1) is 21.4. The molecular weight excluding hydrogens is 369 g/mol. The van der Waals surface area contributed by atoms with Crippen LogP contribution in [0.2, 0.25) is 0 Å². The van der Waals surface area contributed by atoms with Crippen LogP contribution in [0.5, 0.6) is 5.75 Å². The van der Waals surface area contributed by atoms with Gasteiger partial charge in [0.15, 0.2) is 0 Å². The standard InChI is InChI=1S/C22H21F3O3/c1-14(2)4-3-5-17-12-18(21(27)28)9-7-15(17)6-8-16-10-11-19(26)13-20(16)22(23,24)25/h7,9-14,26H,3-5H2,1-2H3,(H,27,28). The number of alkyl halides is 3. The monoisotopic (exact) mass is 390 g/mol. The molecule has 0 aliphatic heterocycles. The Balaban J connectivity index is 2.43. The van der Waals surface area contributed by atoms with E-state index in [-0.39, 0.29) is 11.1 Å². The summed E-state index contributed by atoms with van der Waals surface area (Å²) in [4.78, 5) is 11.2. The molecule has 0 saturated carbocycles. The Morgan fingerprint density at radius 3 is 2.32 bits per heavy atom. The zero-order valence-corrected chi connectivity index (χ0v) is 15.6. The second-order valence-corrected chi connectivity index (χ2v) is 6.94. The van der Waals surface area contributed by atoms with Crippen molar-refractivity contribution in [2.24, 2.45) is 5.92 Å². The lowest BCUT2D eigenvalue weighted by atomic mass is 9.96. The van der Waals surface area contributed by atoms with E-state index >= 15 is 0 Å². The van der Waals surface area contributed by atoms with E-state index in [0.717, 1.165) is 25.0 Å². The molecule has 2 N–H and O–H groups in total. The Kier molecular flexibility index (Phi) is 6.74. The minimum Gasteiger partial charge on any atom is -0.508 e. The second-order valence-electron chi connectivity index (χ2n) is 6.94. The number of carboxylic acids is 1. The third-order valence-corrected chi connectivity index (χ3v) is 4.22. The van der Waals surface area contributed by atoms with Crippen LogP contribution in [0.1, 0.15) is 59.3 Å². The number of aromatic carboxylic acids is 1. The van der Waals surface area contributed by atoms with Gasteiger partial charge in [-0.25, -0.2) is 4.79 Å². The van der Waals surface area contributed by atoms with Gasteiger partial charge in [-0.05, 0) is 60.7 Å². The molecule has 0 aliphatic rings. The van der Waals surface area contributed by atoms with Gasteiger partial charge in [-0.2, -0.15) is 13.2 Å². The number of phenolic OH excluding ortho intramolecular Hbond substituents is 1. The van der Waals surface area contributed by atoms with E-state index in [4.69, 9.17) is 0 Å². The maximum Gasteiger partial charge on any atom is 0.417 e. The number of carboxylic acid groups (broad SMARTS) is 1. The van der Waals surface area contributed by atoms with Crippen LogP contribution in [0.15, 0.2) is 36.4 Å². The van der Waals surface area contributed by atoms with Crippen molar-refractivity contribution in [1.82, 2.24) is 0 Å². The Morgan fingerprint density at radius 2 is 1.71 bits per heavy atom. The van der Waals surface area contributed by atoms with Crippen LogP contribution in [-0.4, -0.2) is 16.2 Å². The Labute approximate surface area is 161 Å². The number of aromatic hydroxyl groups is 1. The number of aryl methyl sites for hydroxylation is 1. The summed E-state index contributed by atoms with van der Waals surface area (Å²) in [5.74, 6) is 4.20. The molecule has 0 spiro atoms. The highest BCUT2D eigenvalue weighted by Crippen LogP contribution is 2.33. The van der Waals surface area contributed by atoms with Crippen molar-refractivity contribution >= 4 is 5.97 Å². The van der Waals surface area contributed by atoms with Gasteiger partial charge in [0, 0.05) is 11.1 Å². The lowest BCUT2D eigenvalue weighted by Gasteiger charge is -2.10. The highest BCUT2D eigenvalue weighted by Gasteiger charge is 2.33. The molecule has 0 unspecified atom stereocenters. The van der Waals surface area contributed by atoms with E-state index in [1.165, 1.54) is 18.2 Å². The van der Waals surface area contributed by atoms with Crippen molar-refractivity contribution in [2.75, 3.05) is 0 Å². The quantitative estimate of drug-likeness (QED) is 0.664. The second kappa shape index (κ2) is 8.83. The van der Waals surface area contributed by atoms with Gasteiger partial charge in [0.05, 0.1) is 11.1 Å². The summed E-state index contributed by atoms with van der Waals surface area (Å²) in [7, 11) is 0. The zero-order valence-electron chi connectivity index (χ0n) is 15.6. The predicted octanol–water partition coefficient (Wildman–Crippen LogP) is 5.49. The average Bonchev–Trinajstić information content (AvgIpc) is 2.60. The van der Waals surface area contributed by atoms with E-state index in [0.29, 0.717) is 29.5 Å². The van der Waals surface area contributed by atoms with Crippen LogP contribution in [0, 0.1) is 17.8 Å². The van der Waals surface area contributed by atoms with Crippen molar-refractivity contribution in [2.45, 2.75) is 39.3 Å². The van der Waals surface area contributed by atoms with Crippen LogP contribution >= 0.6 is 0 Å². The fourth-order valence-corrected chi connectivity index (χ4v) is 2.77. The Morgan fingerprint density at radius 1 is 1.07 bits per heavy atom. The molecule has 2 aromatic rings. The molecule has 0 atom stereocenters. The fourth-order valence-electron chi connectivity index (χ4n) is 2.77. The fraction of sp³-hybridized carbons (Fsp3) is 0.318. The van der Waals surface area contributed by atoms with E-state index < -0.39 is 23.5 Å². The molecule has 148 valence electrons. The molecule has 0 aromatic heterocycles. The average molecular weight is 390 g/mol. The van der Waals surface area contributed by atoms with Gasteiger partial charge in [-0.3, -0.25) is 0 Å². The summed E-state index contributed by atoms with van der Waals surface area (Å²) in [6, 6.07) is 7.34. The lowest BCUT2D eigenvalue weighted by molar-refractivity contribution is -0.137. The summed E-state index contributed by atoms with van der Waals surface area (Å²) in [6.45, 7) is 4.16. The molecular formula is C22H21F3O3. The van der Waals surface area contributed by atoms with E-state index in [9.17, 15) is 28.2 Å². The van der Waals surface area contributed by atoms with Gasteiger partial charge in [0.1, 0.15) is 5.75 Å². The third kappa shape index (κ3) is 5.78. The number of halogens is 3. The molecule has 0 bridgehead atoms. The summed E-state index contributed by atoms with van der Waals surface area (Å²) in [6.07, 6.45) is -2.29. The van der Waals surface area contributed by atoms with Gasteiger partial charge in [0.25, 0.3) is 0 Å². The van der Waals surface area contributed by atoms with Crippen molar-refractivity contribution < 1.29 is 28.2 Å². The summed E-state index contributed by atoms with van der Waals surface area (Å²) in [5, 5.41) is 18.5. The van der Waals surface area contributed by atoms with E-state index in [1.54, 1.807) is 0 Å². The topological polar surface area (TPSA) is 57.5 Å². The third-order valence-electron chi connectivity index (χ3n) is 4.22. The molecule has 0 fully saturated rings. The largest absolute Gasteiger partial charge is 0.508 e. The molecule has 6 heteroatoms. The van der Waals surface area contributed by atoms with Crippen molar-refractivity contribution in [3.63, 3.8) is 0 Å². The predicted molar refractivity (Wildman–Crippen MR) is 100 cm³/mol. The van der Waals surface area contributed by atoms with E-state index in [1.807, 2.05) is 0 Å². The van der Waals surface area contributed by atoms with E-state index in [2.05, 4.69) is 25.7 Å².